The molecule has 2 heterocycles. The average Bonchev–Trinajstić information content (AvgIpc) is 1.17. The topological polar surface area (TPSA) is 9.86 Å². The molecule has 2 heteroatoms. The Bertz CT molecular complexity index is 7250. The van der Waals surface area contributed by atoms with Crippen LogP contribution in [0.3, 0.4) is 0 Å². The Kier molecular flexibility index (Phi) is 14.5. The second kappa shape index (κ2) is 25.2. The van der Waals surface area contributed by atoms with Gasteiger partial charge in [-0.3, -0.25) is 0 Å². The minimum Gasteiger partial charge on any atom is -0.309 e. The van der Waals surface area contributed by atoms with Crippen molar-refractivity contribution in [2.45, 2.75) is 6.92 Å². The molecule has 0 unspecified atom stereocenters. The Morgan fingerprint density at radius 1 is 0.159 bits per heavy atom. The van der Waals surface area contributed by atoms with Crippen LogP contribution in [0, 0.1) is 6.92 Å². The molecule has 0 bridgehead atoms. The monoisotopic (exact) mass is 1360 g/mol. The fourth-order valence-corrected chi connectivity index (χ4v) is 17.7. The standard InChI is InChI=1S/C53H35N.C52H33N/c1-34-21-22-38-32-40(24-23-37(38)31-34)53-47-17-6-4-15-45(47)52(46-16-5-7-18-48(46)53)36-25-28-41(29-26-36)54-50-20-9-8-14-44(50)49-33-39(27-30-51(49)54)43-19-10-12-35-11-2-3-13-42(35)43;1-2-14-37-32-39(25-24-34(37)12-1)52-46-20-7-5-18-44(46)51(45-19-6-8-21-47(45)52)36-26-29-40(30-27-36)53-49-23-10-9-17-43(49)48-33-38(28-31-50(48)53)42-22-11-15-35-13-3-4-16-41(35)42/h2-33H,1H3;1-33H. The lowest BCUT2D eigenvalue weighted by Gasteiger charge is -2.18. The van der Waals surface area contributed by atoms with Gasteiger partial charge in [0.2, 0.25) is 0 Å². The van der Waals surface area contributed by atoms with Gasteiger partial charge in [-0.05, 0) is 233 Å². The van der Waals surface area contributed by atoms with Crippen molar-refractivity contribution in [2.75, 3.05) is 0 Å². The molecule has 0 saturated heterocycles. The van der Waals surface area contributed by atoms with Crippen molar-refractivity contribution >= 4 is 130 Å². The third-order valence-electron chi connectivity index (χ3n) is 22.6. The van der Waals surface area contributed by atoms with Gasteiger partial charge in [-0.15, -0.1) is 0 Å². The summed E-state index contributed by atoms with van der Waals surface area (Å²) in [7, 11) is 0. The van der Waals surface area contributed by atoms with Gasteiger partial charge in [0.1, 0.15) is 0 Å². The predicted octanol–water partition coefficient (Wildman–Crippen LogP) is 29.1. The summed E-state index contributed by atoms with van der Waals surface area (Å²) in [5.41, 5.74) is 23.5. The van der Waals surface area contributed by atoms with E-state index >= 15 is 0 Å². The van der Waals surface area contributed by atoms with Crippen molar-refractivity contribution in [1.82, 2.24) is 9.13 Å². The first kappa shape index (κ1) is 61.7. The van der Waals surface area contributed by atoms with Crippen molar-refractivity contribution in [3.8, 4) is 78.1 Å². The second-order valence-corrected chi connectivity index (χ2v) is 28.6. The fraction of sp³-hybridized carbons (Fsp3) is 0.00952. The summed E-state index contributed by atoms with van der Waals surface area (Å²) in [6.07, 6.45) is 0. The number of aryl methyl sites for hydroxylation is 1. The van der Waals surface area contributed by atoms with E-state index in [0.717, 1.165) is 11.4 Å². The Morgan fingerprint density at radius 2 is 0.439 bits per heavy atom. The molecule has 0 atom stereocenters. The first-order valence-electron chi connectivity index (χ1n) is 37.1. The smallest absolute Gasteiger partial charge is 0.0541 e. The van der Waals surface area contributed by atoms with Crippen LogP contribution in [-0.4, -0.2) is 9.13 Å². The van der Waals surface area contributed by atoms with Crippen LogP contribution in [0.1, 0.15) is 5.56 Å². The molecule has 0 saturated carbocycles. The third-order valence-corrected chi connectivity index (χ3v) is 22.6. The highest BCUT2D eigenvalue weighted by atomic mass is 15.0. The molecule has 107 heavy (non-hydrogen) atoms. The van der Waals surface area contributed by atoms with Gasteiger partial charge in [0, 0.05) is 32.9 Å². The van der Waals surface area contributed by atoms with E-state index in [1.165, 1.54) is 202 Å². The number of para-hydroxylation sites is 2. The Hall–Kier alpha value is -13.9. The Labute approximate surface area is 619 Å². The zero-order valence-corrected chi connectivity index (χ0v) is 58.9. The molecule has 0 spiro atoms. The number of nitrogens with zero attached hydrogens (tertiary/aromatic N) is 2. The lowest BCUT2D eigenvalue weighted by molar-refractivity contribution is 1.18. The number of hydrogen-bond acceptors (Lipinski definition) is 0. The minimum absolute atomic E-state index is 1.15. The highest BCUT2D eigenvalue weighted by Crippen LogP contribution is 2.48. The number of benzene rings is 20. The molecule has 0 fully saturated rings. The molecule has 498 valence electrons. The molecule has 22 rings (SSSR count). The number of fused-ring (bicyclic) bond motifs is 14. The van der Waals surface area contributed by atoms with Gasteiger partial charge < -0.3 is 9.13 Å². The van der Waals surface area contributed by atoms with Crippen molar-refractivity contribution in [3.63, 3.8) is 0 Å². The van der Waals surface area contributed by atoms with Crippen LogP contribution in [-0.2, 0) is 0 Å². The van der Waals surface area contributed by atoms with E-state index in [1.807, 2.05) is 0 Å². The average molecular weight is 1360 g/mol. The quantitative estimate of drug-likeness (QED) is 0.134. The van der Waals surface area contributed by atoms with Crippen molar-refractivity contribution in [2.24, 2.45) is 0 Å². The molecule has 0 amide bonds. The molecule has 0 aliphatic rings. The van der Waals surface area contributed by atoms with Gasteiger partial charge >= 0.3 is 0 Å². The predicted molar refractivity (Wildman–Crippen MR) is 459 cm³/mol. The molecule has 0 aliphatic heterocycles. The van der Waals surface area contributed by atoms with Gasteiger partial charge in [-0.25, -0.2) is 0 Å². The van der Waals surface area contributed by atoms with Crippen LogP contribution in [0.25, 0.3) is 208 Å². The van der Waals surface area contributed by atoms with Gasteiger partial charge in [0.15, 0.2) is 0 Å². The SMILES string of the molecule is Cc1ccc2cc(-c3c4ccccc4c(-c4ccc(-n5c6ccccc6c6cc(-c7cccc8ccccc78)ccc65)cc4)c4ccccc34)ccc2c1.c1ccc2cc(-c3c4ccccc4c(-c4ccc(-n5c6ccccc6c6cc(-c7cccc8ccccc78)ccc65)cc4)c4ccccc34)ccc2c1. The van der Waals surface area contributed by atoms with E-state index in [9.17, 15) is 0 Å². The van der Waals surface area contributed by atoms with Gasteiger partial charge in [-0.2, -0.15) is 0 Å². The molecule has 0 N–H and O–H groups in total. The maximum absolute atomic E-state index is 2.42. The van der Waals surface area contributed by atoms with Crippen LogP contribution >= 0.6 is 0 Å². The highest BCUT2D eigenvalue weighted by Gasteiger charge is 2.22. The second-order valence-electron chi connectivity index (χ2n) is 28.6. The van der Waals surface area contributed by atoms with E-state index in [0.29, 0.717) is 0 Å². The van der Waals surface area contributed by atoms with E-state index < -0.39 is 0 Å². The number of hydrogen-bond donors (Lipinski definition) is 0. The Morgan fingerprint density at radius 3 is 0.860 bits per heavy atom. The van der Waals surface area contributed by atoms with Gasteiger partial charge in [0.25, 0.3) is 0 Å². The normalized spacial score (nSPS) is 11.8. The molecular weight excluding hydrogens is 1290 g/mol. The zero-order chi connectivity index (χ0) is 70.6. The number of aromatic nitrogens is 2. The van der Waals surface area contributed by atoms with Gasteiger partial charge in [-0.1, -0.05) is 327 Å². The zero-order valence-electron chi connectivity index (χ0n) is 58.9. The van der Waals surface area contributed by atoms with Crippen LogP contribution in [0.15, 0.2) is 394 Å². The van der Waals surface area contributed by atoms with E-state index in [4.69, 9.17) is 0 Å². The van der Waals surface area contributed by atoms with Crippen LogP contribution in [0.4, 0.5) is 0 Å². The first-order valence-corrected chi connectivity index (χ1v) is 37.1. The van der Waals surface area contributed by atoms with Crippen molar-refractivity contribution in [1.29, 1.82) is 0 Å². The summed E-state index contributed by atoms with van der Waals surface area (Å²) < 4.78 is 4.84. The van der Waals surface area contributed by atoms with Gasteiger partial charge in [0.05, 0.1) is 22.1 Å². The molecular formula is C105H68N2. The molecule has 20 aromatic carbocycles. The van der Waals surface area contributed by atoms with Crippen LogP contribution < -0.4 is 0 Å². The van der Waals surface area contributed by atoms with Crippen LogP contribution in [0.5, 0.6) is 0 Å². The van der Waals surface area contributed by atoms with E-state index in [2.05, 4.69) is 410 Å². The summed E-state index contributed by atoms with van der Waals surface area (Å²) in [6.45, 7) is 2.16. The molecule has 0 radical (unpaired) electrons. The first-order chi connectivity index (χ1) is 53.0. The van der Waals surface area contributed by atoms with Crippen LogP contribution in [0.2, 0.25) is 0 Å². The third kappa shape index (κ3) is 10.2. The summed E-state index contributed by atoms with van der Waals surface area (Å²) >= 11 is 0. The maximum atomic E-state index is 2.42. The van der Waals surface area contributed by atoms with E-state index in [1.54, 1.807) is 0 Å². The summed E-state index contributed by atoms with van der Waals surface area (Å²) in [4.78, 5) is 0. The molecule has 2 nitrogen and oxygen atoms in total. The lowest BCUT2D eigenvalue weighted by atomic mass is 9.85. The maximum Gasteiger partial charge on any atom is 0.0541 e. The molecule has 2 aromatic heterocycles. The number of rotatable bonds is 8. The highest BCUT2D eigenvalue weighted by molar-refractivity contribution is 6.24. The summed E-state index contributed by atoms with van der Waals surface area (Å²) in [6, 6.07) is 145. The summed E-state index contributed by atoms with van der Waals surface area (Å²) in [5, 5.41) is 25.3. The molecule has 22 aromatic rings. The molecule has 0 aliphatic carbocycles. The van der Waals surface area contributed by atoms with E-state index in [-0.39, 0.29) is 0 Å². The fourth-order valence-electron chi connectivity index (χ4n) is 17.7. The largest absolute Gasteiger partial charge is 0.309 e. The lowest BCUT2D eigenvalue weighted by Crippen LogP contribution is -1.95. The van der Waals surface area contributed by atoms with Crippen molar-refractivity contribution < 1.29 is 0 Å². The Balaban J connectivity index is 0.000000137. The minimum atomic E-state index is 1.15. The van der Waals surface area contributed by atoms with Crippen molar-refractivity contribution in [3.05, 3.63) is 400 Å². The summed E-state index contributed by atoms with van der Waals surface area (Å²) in [5.74, 6) is 0.